The van der Waals surface area contributed by atoms with Crippen molar-refractivity contribution >= 4 is 35.0 Å². The number of amides is 1. The Morgan fingerprint density at radius 2 is 1.62 bits per heavy atom. The molecule has 0 spiro atoms. The van der Waals surface area contributed by atoms with E-state index in [0.29, 0.717) is 15.9 Å². The number of thioether (sulfide) groups is 1. The molecule has 2 N–H and O–H groups in total. The average Bonchev–Trinajstić information content (AvgIpc) is 3.18. The Morgan fingerprint density at radius 3 is 2.31 bits per heavy atom. The van der Waals surface area contributed by atoms with Gasteiger partial charge in [-0.2, -0.15) is 0 Å². The van der Waals surface area contributed by atoms with Crippen LogP contribution in [0.1, 0.15) is 0 Å². The van der Waals surface area contributed by atoms with Crippen LogP contribution in [0.4, 0.5) is 5.69 Å². The van der Waals surface area contributed by atoms with Crippen molar-refractivity contribution in [3.05, 3.63) is 90.0 Å². The number of aromatic nitrogens is 2. The molecule has 0 atom stereocenters. The molecule has 0 saturated carbocycles. The molecule has 1 aromatic heterocycles. The largest absolute Gasteiger partial charge is 0.332 e. The van der Waals surface area contributed by atoms with Crippen LogP contribution >= 0.6 is 23.4 Å². The number of halogens is 1. The van der Waals surface area contributed by atoms with E-state index in [1.165, 1.54) is 11.8 Å². The zero-order valence-electron chi connectivity index (χ0n) is 15.4. The van der Waals surface area contributed by atoms with Crippen LogP contribution in [-0.2, 0) is 4.79 Å². The Kier molecular flexibility index (Phi) is 5.98. The molecule has 1 amide bonds. The van der Waals surface area contributed by atoms with E-state index in [1.807, 2.05) is 66.7 Å². The summed E-state index contributed by atoms with van der Waals surface area (Å²) in [5.74, 6) is 0.124. The Bertz CT molecular complexity index is 1060. The molecule has 29 heavy (non-hydrogen) atoms. The third-order valence-corrected chi connectivity index (χ3v) is 5.35. The van der Waals surface area contributed by atoms with Gasteiger partial charge in [0.05, 0.1) is 17.1 Å². The lowest BCUT2D eigenvalue weighted by atomic mass is 10.1. The summed E-state index contributed by atoms with van der Waals surface area (Å²) in [7, 11) is 0. The van der Waals surface area contributed by atoms with Crippen LogP contribution in [-0.4, -0.2) is 21.6 Å². The van der Waals surface area contributed by atoms with Gasteiger partial charge >= 0.3 is 0 Å². The average molecular weight is 420 g/mol. The van der Waals surface area contributed by atoms with Gasteiger partial charge < -0.3 is 10.3 Å². The summed E-state index contributed by atoms with van der Waals surface area (Å²) in [6.07, 6.45) is 0. The molecule has 0 aliphatic rings. The van der Waals surface area contributed by atoms with Gasteiger partial charge in [0, 0.05) is 21.8 Å². The first-order valence-corrected chi connectivity index (χ1v) is 10.4. The van der Waals surface area contributed by atoms with E-state index >= 15 is 0 Å². The second kappa shape index (κ2) is 8.99. The highest BCUT2D eigenvalue weighted by atomic mass is 35.5. The standard InChI is InChI=1S/C23H18ClN3OS/c24-18-12-7-13-19(14-18)25-20(28)15-29-23-26-21(16-8-3-1-4-9-16)22(27-23)17-10-5-2-6-11-17/h1-14H,15H2,(H,25,28)(H,26,27). The number of hydrogen-bond acceptors (Lipinski definition) is 3. The monoisotopic (exact) mass is 419 g/mol. The van der Waals surface area contributed by atoms with E-state index in [1.54, 1.807) is 18.2 Å². The second-order valence-electron chi connectivity index (χ2n) is 6.34. The van der Waals surface area contributed by atoms with Gasteiger partial charge in [-0.1, -0.05) is 90.1 Å². The molecule has 0 aliphatic carbocycles. The summed E-state index contributed by atoms with van der Waals surface area (Å²) >= 11 is 7.33. The number of anilines is 1. The molecule has 6 heteroatoms. The topological polar surface area (TPSA) is 57.8 Å². The van der Waals surface area contributed by atoms with Gasteiger partial charge in [-0.3, -0.25) is 4.79 Å². The number of carbonyl (C=O) groups is 1. The van der Waals surface area contributed by atoms with Crippen LogP contribution in [0.5, 0.6) is 0 Å². The minimum absolute atomic E-state index is 0.115. The van der Waals surface area contributed by atoms with Gasteiger partial charge in [-0.05, 0) is 18.2 Å². The Balaban J connectivity index is 1.53. The number of nitrogens with one attached hydrogen (secondary N) is 2. The smallest absolute Gasteiger partial charge is 0.234 e. The van der Waals surface area contributed by atoms with Crippen LogP contribution < -0.4 is 5.32 Å². The van der Waals surface area contributed by atoms with Crippen LogP contribution in [0.2, 0.25) is 5.02 Å². The molecule has 1 heterocycles. The van der Waals surface area contributed by atoms with E-state index in [2.05, 4.69) is 10.3 Å². The third-order valence-electron chi connectivity index (χ3n) is 4.24. The van der Waals surface area contributed by atoms with Gasteiger partial charge in [0.1, 0.15) is 0 Å². The molecule has 0 aliphatic heterocycles. The molecule has 0 bridgehead atoms. The lowest BCUT2D eigenvalue weighted by molar-refractivity contribution is -0.113. The van der Waals surface area contributed by atoms with Crippen molar-refractivity contribution in [3.8, 4) is 22.5 Å². The van der Waals surface area contributed by atoms with Gasteiger partial charge in [0.2, 0.25) is 5.91 Å². The molecule has 0 saturated heterocycles. The van der Waals surface area contributed by atoms with Gasteiger partial charge in [0.15, 0.2) is 5.16 Å². The first-order valence-electron chi connectivity index (χ1n) is 9.08. The quantitative estimate of drug-likeness (QED) is 0.370. The number of H-pyrrole nitrogens is 1. The number of hydrogen-bond donors (Lipinski definition) is 2. The number of carbonyl (C=O) groups excluding carboxylic acids is 1. The molecule has 4 rings (SSSR count). The zero-order chi connectivity index (χ0) is 20.1. The van der Waals surface area contributed by atoms with E-state index in [4.69, 9.17) is 16.6 Å². The summed E-state index contributed by atoms with van der Waals surface area (Å²) in [6, 6.07) is 27.2. The van der Waals surface area contributed by atoms with Gasteiger partial charge in [0.25, 0.3) is 0 Å². The minimum Gasteiger partial charge on any atom is -0.332 e. The molecular formula is C23H18ClN3OS. The van der Waals surface area contributed by atoms with E-state index in [0.717, 1.165) is 22.5 Å². The molecule has 0 radical (unpaired) electrons. The van der Waals surface area contributed by atoms with Crippen molar-refractivity contribution in [1.82, 2.24) is 9.97 Å². The fourth-order valence-electron chi connectivity index (χ4n) is 2.94. The lowest BCUT2D eigenvalue weighted by Gasteiger charge is -2.04. The highest BCUT2D eigenvalue weighted by molar-refractivity contribution is 7.99. The highest BCUT2D eigenvalue weighted by Crippen LogP contribution is 2.32. The van der Waals surface area contributed by atoms with Gasteiger partial charge in [-0.25, -0.2) is 4.98 Å². The lowest BCUT2D eigenvalue weighted by Crippen LogP contribution is -2.14. The van der Waals surface area contributed by atoms with Crippen LogP contribution in [0, 0.1) is 0 Å². The fourth-order valence-corrected chi connectivity index (χ4v) is 3.80. The number of aromatic amines is 1. The van der Waals surface area contributed by atoms with E-state index < -0.39 is 0 Å². The Morgan fingerprint density at radius 1 is 0.931 bits per heavy atom. The molecule has 0 unspecified atom stereocenters. The summed E-state index contributed by atoms with van der Waals surface area (Å²) in [5, 5.41) is 4.13. The number of imidazole rings is 1. The summed E-state index contributed by atoms with van der Waals surface area (Å²) in [5.41, 5.74) is 4.56. The fraction of sp³-hybridized carbons (Fsp3) is 0.0435. The molecular weight excluding hydrogens is 402 g/mol. The molecule has 4 aromatic rings. The van der Waals surface area contributed by atoms with E-state index in [-0.39, 0.29) is 11.7 Å². The van der Waals surface area contributed by atoms with Crippen molar-refractivity contribution in [1.29, 1.82) is 0 Å². The maximum absolute atomic E-state index is 12.3. The highest BCUT2D eigenvalue weighted by Gasteiger charge is 2.15. The SMILES string of the molecule is O=C(CSc1nc(-c2ccccc2)c(-c2ccccc2)[nH]1)Nc1cccc(Cl)c1. The van der Waals surface area contributed by atoms with Crippen LogP contribution in [0.25, 0.3) is 22.5 Å². The predicted molar refractivity (Wildman–Crippen MR) is 120 cm³/mol. The first-order chi connectivity index (χ1) is 14.2. The Labute approximate surface area is 178 Å². The normalized spacial score (nSPS) is 10.7. The maximum atomic E-state index is 12.3. The predicted octanol–water partition coefficient (Wildman–Crippen LogP) is 6.13. The van der Waals surface area contributed by atoms with Crippen molar-refractivity contribution in [2.75, 3.05) is 11.1 Å². The number of benzene rings is 3. The molecule has 144 valence electrons. The minimum atomic E-state index is -0.115. The Hall–Kier alpha value is -3.02. The van der Waals surface area contributed by atoms with Crippen LogP contribution in [0.3, 0.4) is 0 Å². The summed E-state index contributed by atoms with van der Waals surface area (Å²) < 4.78 is 0. The second-order valence-corrected chi connectivity index (χ2v) is 7.75. The van der Waals surface area contributed by atoms with E-state index in [9.17, 15) is 4.79 Å². The number of rotatable bonds is 6. The zero-order valence-corrected chi connectivity index (χ0v) is 17.0. The van der Waals surface area contributed by atoms with Crippen molar-refractivity contribution < 1.29 is 4.79 Å². The molecule has 3 aromatic carbocycles. The first kappa shape index (κ1) is 19.3. The van der Waals surface area contributed by atoms with Gasteiger partial charge in [-0.15, -0.1) is 0 Å². The van der Waals surface area contributed by atoms with Crippen LogP contribution in [0.15, 0.2) is 90.1 Å². The summed E-state index contributed by atoms with van der Waals surface area (Å²) in [6.45, 7) is 0. The third kappa shape index (κ3) is 4.88. The van der Waals surface area contributed by atoms with Crippen molar-refractivity contribution in [2.45, 2.75) is 5.16 Å². The van der Waals surface area contributed by atoms with Crippen molar-refractivity contribution in [2.24, 2.45) is 0 Å². The van der Waals surface area contributed by atoms with Crippen molar-refractivity contribution in [3.63, 3.8) is 0 Å². The maximum Gasteiger partial charge on any atom is 0.234 e. The number of nitrogens with zero attached hydrogens (tertiary/aromatic N) is 1. The summed E-state index contributed by atoms with van der Waals surface area (Å²) in [4.78, 5) is 20.4. The molecule has 0 fully saturated rings. The molecule has 4 nitrogen and oxygen atoms in total.